The molecule has 32 heavy (non-hydrogen) atoms. The van der Waals surface area contributed by atoms with Gasteiger partial charge in [-0.05, 0) is 60.2 Å². The number of hydrogen-bond acceptors (Lipinski definition) is 4. The molecule has 1 aliphatic rings. The molecule has 5 rings (SSSR count). The number of rotatable bonds is 5. The number of ether oxygens (including phenoxy) is 2. The number of hydrogen-bond donors (Lipinski definition) is 0. The molecule has 0 aliphatic carbocycles. The van der Waals surface area contributed by atoms with Crippen LogP contribution < -0.4 is 14.4 Å². The van der Waals surface area contributed by atoms with E-state index < -0.39 is 0 Å². The third kappa shape index (κ3) is 3.45. The minimum Gasteiger partial charge on any atom is -0.493 e. The molecule has 0 fully saturated rings. The molecule has 0 saturated heterocycles. The van der Waals surface area contributed by atoms with E-state index in [4.69, 9.17) is 9.47 Å². The number of benzene rings is 3. The van der Waals surface area contributed by atoms with Crippen LogP contribution in [0.15, 0.2) is 67.0 Å². The predicted octanol–water partition coefficient (Wildman–Crippen LogP) is 5.35. The molecule has 0 spiro atoms. The molecule has 3 aromatic carbocycles. The quantitative estimate of drug-likeness (QED) is 0.425. The maximum atomic E-state index is 14.2. The summed E-state index contributed by atoms with van der Waals surface area (Å²) in [5.41, 5.74) is 5.17. The van der Waals surface area contributed by atoms with E-state index in [2.05, 4.69) is 9.88 Å². The zero-order valence-electron chi connectivity index (χ0n) is 17.7. The average Bonchev–Trinajstić information content (AvgIpc) is 3.23. The lowest BCUT2D eigenvalue weighted by Crippen LogP contribution is -2.29. The van der Waals surface area contributed by atoms with Crippen LogP contribution in [0.2, 0.25) is 0 Å². The summed E-state index contributed by atoms with van der Waals surface area (Å²) in [4.78, 5) is 6.70. The van der Waals surface area contributed by atoms with Crippen molar-refractivity contribution in [1.82, 2.24) is 9.55 Å². The maximum Gasteiger partial charge on any atom is 0.161 e. The van der Waals surface area contributed by atoms with Gasteiger partial charge in [0.1, 0.15) is 18.0 Å². The first-order valence-electron chi connectivity index (χ1n) is 10.2. The molecule has 1 aliphatic heterocycles. The van der Waals surface area contributed by atoms with Gasteiger partial charge in [-0.3, -0.25) is 4.57 Å². The molecule has 1 aromatic heterocycles. The predicted molar refractivity (Wildman–Crippen MR) is 118 cm³/mol. The Balaban J connectivity index is 1.57. The highest BCUT2D eigenvalue weighted by molar-refractivity contribution is 5.71. The first-order chi connectivity index (χ1) is 15.6. The summed E-state index contributed by atoms with van der Waals surface area (Å²) in [5, 5.41) is 0. The van der Waals surface area contributed by atoms with E-state index in [1.54, 1.807) is 38.7 Å². The van der Waals surface area contributed by atoms with Gasteiger partial charge in [0.25, 0.3) is 0 Å². The molecule has 0 bridgehead atoms. The van der Waals surface area contributed by atoms with Crippen molar-refractivity contribution in [3.05, 3.63) is 89.9 Å². The van der Waals surface area contributed by atoms with Crippen molar-refractivity contribution in [2.45, 2.75) is 13.1 Å². The molecular formula is C25H21F2N3O2. The van der Waals surface area contributed by atoms with E-state index in [0.29, 0.717) is 24.6 Å². The molecule has 162 valence electrons. The Hall–Kier alpha value is -3.87. The van der Waals surface area contributed by atoms with Gasteiger partial charge in [-0.1, -0.05) is 6.07 Å². The van der Waals surface area contributed by atoms with Crippen LogP contribution in [0.1, 0.15) is 11.3 Å². The Morgan fingerprint density at radius 2 is 1.59 bits per heavy atom. The SMILES string of the molecule is COc1ccc(CN2Cc3c(-c4ccc(F)cc4)ncn3-c3ccc(F)cc32)cc1OC. The Kier molecular flexibility index (Phi) is 5.01. The fraction of sp³-hybridized carbons (Fsp3) is 0.160. The molecular weight excluding hydrogens is 412 g/mol. The standard InChI is InChI=1S/C25H21F2N3O2/c1-31-23-10-3-16(11-24(23)32-2)13-29-14-22-25(17-4-6-18(26)7-5-17)28-15-30(22)20-9-8-19(27)12-21(20)29/h3-12,15H,13-14H2,1-2H3. The molecule has 0 radical (unpaired) electrons. The van der Waals surface area contributed by atoms with Gasteiger partial charge >= 0.3 is 0 Å². The summed E-state index contributed by atoms with van der Waals surface area (Å²) in [6.07, 6.45) is 1.73. The van der Waals surface area contributed by atoms with Crippen molar-refractivity contribution >= 4 is 5.69 Å². The van der Waals surface area contributed by atoms with Crippen molar-refractivity contribution < 1.29 is 18.3 Å². The Morgan fingerprint density at radius 3 is 2.34 bits per heavy atom. The third-order valence-corrected chi connectivity index (χ3v) is 5.68. The van der Waals surface area contributed by atoms with E-state index in [9.17, 15) is 8.78 Å². The van der Waals surface area contributed by atoms with Crippen molar-refractivity contribution in [1.29, 1.82) is 0 Å². The van der Waals surface area contributed by atoms with Gasteiger partial charge in [0.15, 0.2) is 11.5 Å². The summed E-state index contributed by atoms with van der Waals surface area (Å²) in [6, 6.07) is 16.8. The van der Waals surface area contributed by atoms with Crippen LogP contribution in [-0.2, 0) is 13.1 Å². The van der Waals surface area contributed by atoms with Crippen LogP contribution >= 0.6 is 0 Å². The van der Waals surface area contributed by atoms with Crippen molar-refractivity contribution in [3.8, 4) is 28.4 Å². The molecule has 0 amide bonds. The number of halogens is 2. The van der Waals surface area contributed by atoms with Gasteiger partial charge in [-0.2, -0.15) is 0 Å². The summed E-state index contributed by atoms with van der Waals surface area (Å²) in [6.45, 7) is 1.04. The minimum absolute atomic E-state index is 0.294. The lowest BCUT2D eigenvalue weighted by atomic mass is 10.1. The van der Waals surface area contributed by atoms with Crippen molar-refractivity contribution in [2.75, 3.05) is 19.1 Å². The normalized spacial score (nSPS) is 12.3. The fourth-order valence-corrected chi connectivity index (χ4v) is 4.14. The molecule has 0 unspecified atom stereocenters. The van der Waals surface area contributed by atoms with Gasteiger partial charge in [-0.25, -0.2) is 13.8 Å². The van der Waals surface area contributed by atoms with Gasteiger partial charge in [0.05, 0.1) is 43.5 Å². The summed E-state index contributed by atoms with van der Waals surface area (Å²) in [7, 11) is 3.19. The Bertz CT molecular complexity index is 1270. The number of anilines is 1. The average molecular weight is 433 g/mol. The summed E-state index contributed by atoms with van der Waals surface area (Å²) in [5.74, 6) is 0.692. The molecule has 0 N–H and O–H groups in total. The Labute approximate surface area is 184 Å². The van der Waals surface area contributed by atoms with Crippen molar-refractivity contribution in [3.63, 3.8) is 0 Å². The van der Waals surface area contributed by atoms with Gasteiger partial charge in [-0.15, -0.1) is 0 Å². The highest BCUT2D eigenvalue weighted by Gasteiger charge is 2.26. The lowest BCUT2D eigenvalue weighted by molar-refractivity contribution is 0.354. The second kappa shape index (κ2) is 8.00. The number of nitrogens with zero attached hydrogens (tertiary/aromatic N) is 3. The van der Waals surface area contributed by atoms with Gasteiger partial charge in [0, 0.05) is 12.1 Å². The summed E-state index contributed by atoms with van der Waals surface area (Å²) >= 11 is 0. The molecule has 5 nitrogen and oxygen atoms in total. The Morgan fingerprint density at radius 1 is 0.844 bits per heavy atom. The van der Waals surface area contributed by atoms with E-state index in [0.717, 1.165) is 33.9 Å². The van der Waals surface area contributed by atoms with Crippen LogP contribution in [-0.4, -0.2) is 23.8 Å². The summed E-state index contributed by atoms with van der Waals surface area (Å²) < 4.78 is 40.4. The van der Waals surface area contributed by atoms with E-state index in [1.165, 1.54) is 24.3 Å². The van der Waals surface area contributed by atoms with Crippen molar-refractivity contribution in [2.24, 2.45) is 0 Å². The smallest absolute Gasteiger partial charge is 0.161 e. The van der Waals surface area contributed by atoms with Gasteiger partial charge < -0.3 is 14.4 Å². The second-order valence-electron chi connectivity index (χ2n) is 7.60. The minimum atomic E-state index is -0.302. The number of fused-ring (bicyclic) bond motifs is 3. The molecule has 0 atom stereocenters. The zero-order chi connectivity index (χ0) is 22.2. The van der Waals surface area contributed by atoms with Crippen LogP contribution in [0.25, 0.3) is 16.9 Å². The molecule has 0 saturated carbocycles. The lowest BCUT2D eigenvalue weighted by Gasteiger charge is -2.33. The van der Waals surface area contributed by atoms with E-state index in [-0.39, 0.29) is 11.6 Å². The monoisotopic (exact) mass is 433 g/mol. The third-order valence-electron chi connectivity index (χ3n) is 5.68. The first kappa shape index (κ1) is 20.1. The molecule has 4 aromatic rings. The highest BCUT2D eigenvalue weighted by atomic mass is 19.1. The van der Waals surface area contributed by atoms with Crippen LogP contribution in [0.5, 0.6) is 11.5 Å². The van der Waals surface area contributed by atoms with Crippen LogP contribution in [0.4, 0.5) is 14.5 Å². The largest absolute Gasteiger partial charge is 0.493 e. The van der Waals surface area contributed by atoms with Gasteiger partial charge in [0.2, 0.25) is 0 Å². The zero-order valence-corrected chi connectivity index (χ0v) is 17.7. The molecule has 7 heteroatoms. The topological polar surface area (TPSA) is 39.5 Å². The molecule has 2 heterocycles. The van der Waals surface area contributed by atoms with E-state index in [1.807, 2.05) is 22.8 Å². The van der Waals surface area contributed by atoms with E-state index >= 15 is 0 Å². The number of aromatic nitrogens is 2. The van der Waals surface area contributed by atoms with Crippen LogP contribution in [0.3, 0.4) is 0 Å². The maximum absolute atomic E-state index is 14.2. The number of methoxy groups -OCH3 is 2. The number of imidazole rings is 1. The first-order valence-corrected chi connectivity index (χ1v) is 10.2. The fourth-order valence-electron chi connectivity index (χ4n) is 4.14. The van der Waals surface area contributed by atoms with Crippen LogP contribution in [0, 0.1) is 11.6 Å². The highest BCUT2D eigenvalue weighted by Crippen LogP contribution is 2.38. The second-order valence-corrected chi connectivity index (χ2v) is 7.60.